The molecule has 0 aromatic carbocycles. The molecule has 0 bridgehead atoms. The first-order chi connectivity index (χ1) is 17.2. The zero-order chi connectivity index (χ0) is 25.5. The fourth-order valence-corrected chi connectivity index (χ4v) is 7.69. The predicted octanol–water partition coefficient (Wildman–Crippen LogP) is 3.37. The Bertz CT molecular complexity index is 1030. The number of amides is 3. The third kappa shape index (κ3) is 4.87. The highest BCUT2D eigenvalue weighted by molar-refractivity contribution is 7.17. The van der Waals surface area contributed by atoms with Gasteiger partial charge in [0.25, 0.3) is 5.91 Å². The van der Waals surface area contributed by atoms with Crippen molar-refractivity contribution < 1.29 is 23.9 Å². The van der Waals surface area contributed by atoms with E-state index in [2.05, 4.69) is 15.5 Å². The van der Waals surface area contributed by atoms with Crippen LogP contribution in [0.25, 0.3) is 0 Å². The minimum Gasteiger partial charge on any atom is -0.459 e. The molecule has 198 valence electrons. The largest absolute Gasteiger partial charge is 0.459 e. The lowest BCUT2D eigenvalue weighted by Gasteiger charge is -2.45. The van der Waals surface area contributed by atoms with E-state index in [0.29, 0.717) is 55.9 Å². The molecule has 36 heavy (non-hydrogen) atoms. The van der Waals surface area contributed by atoms with Gasteiger partial charge in [-0.15, -0.1) is 11.3 Å². The molecule has 1 aromatic heterocycles. The van der Waals surface area contributed by atoms with Gasteiger partial charge in [0.15, 0.2) is 0 Å². The van der Waals surface area contributed by atoms with Crippen molar-refractivity contribution in [3.63, 3.8) is 0 Å². The maximum atomic E-state index is 13.7. The summed E-state index contributed by atoms with van der Waals surface area (Å²) in [5, 5.41) is 6.27. The van der Waals surface area contributed by atoms with E-state index in [1.165, 1.54) is 11.3 Å². The molecular weight excluding hydrogens is 480 g/mol. The third-order valence-corrected chi connectivity index (χ3v) is 9.16. The summed E-state index contributed by atoms with van der Waals surface area (Å²) in [5.74, 6) is -0.0425. The zero-order valence-electron chi connectivity index (χ0n) is 21.6. The van der Waals surface area contributed by atoms with Crippen LogP contribution in [-0.2, 0) is 27.3 Å². The fraction of sp³-hybridized carbons (Fsp3) is 0.731. The molecule has 5 rings (SSSR count). The zero-order valence-corrected chi connectivity index (χ0v) is 22.4. The summed E-state index contributed by atoms with van der Waals surface area (Å²) in [6.07, 6.45) is 5.13. The highest BCUT2D eigenvalue weighted by atomic mass is 32.1. The van der Waals surface area contributed by atoms with Crippen LogP contribution in [0.4, 0.5) is 9.80 Å². The number of nitrogens with zero attached hydrogens (tertiary/aromatic N) is 2. The van der Waals surface area contributed by atoms with Crippen molar-refractivity contribution in [3.05, 3.63) is 16.0 Å². The molecule has 0 aliphatic carbocycles. The van der Waals surface area contributed by atoms with Gasteiger partial charge in [-0.3, -0.25) is 19.8 Å². The summed E-state index contributed by atoms with van der Waals surface area (Å²) in [6.45, 7) is 10.6. The smallest absolute Gasteiger partial charge is 0.319 e. The molecule has 1 spiro atoms. The Morgan fingerprint density at radius 3 is 2.67 bits per heavy atom. The molecule has 0 radical (unpaired) electrons. The van der Waals surface area contributed by atoms with Crippen LogP contribution in [0.2, 0.25) is 0 Å². The molecule has 9 nitrogen and oxygen atoms in total. The fourth-order valence-electron chi connectivity index (χ4n) is 6.52. The molecule has 10 heteroatoms. The van der Waals surface area contributed by atoms with E-state index in [4.69, 9.17) is 9.47 Å². The Hall–Kier alpha value is -2.17. The van der Waals surface area contributed by atoms with Crippen molar-refractivity contribution in [3.8, 4) is 0 Å². The summed E-state index contributed by atoms with van der Waals surface area (Å²) in [5.41, 5.74) is 0.883. The van der Waals surface area contributed by atoms with Gasteiger partial charge in [-0.05, 0) is 65.0 Å². The van der Waals surface area contributed by atoms with Crippen LogP contribution in [-0.4, -0.2) is 78.7 Å². The van der Waals surface area contributed by atoms with Gasteiger partial charge >= 0.3 is 12.0 Å². The number of urea groups is 1. The second-order valence-electron chi connectivity index (χ2n) is 11.2. The van der Waals surface area contributed by atoms with Crippen molar-refractivity contribution in [2.75, 3.05) is 44.6 Å². The molecule has 1 aromatic rings. The highest BCUT2D eigenvalue weighted by Gasteiger charge is 2.54. The number of carbonyl (C=O) groups is 3. The number of esters is 1. The summed E-state index contributed by atoms with van der Waals surface area (Å²) in [4.78, 5) is 44.2. The van der Waals surface area contributed by atoms with Gasteiger partial charge in [-0.1, -0.05) is 0 Å². The van der Waals surface area contributed by atoms with Crippen molar-refractivity contribution in [1.82, 2.24) is 15.1 Å². The molecule has 0 saturated carbocycles. The molecule has 1 atom stereocenters. The minimum atomic E-state index is -0.389. The average molecular weight is 519 g/mol. The van der Waals surface area contributed by atoms with Crippen molar-refractivity contribution in [1.29, 1.82) is 0 Å². The van der Waals surface area contributed by atoms with E-state index in [9.17, 15) is 14.4 Å². The van der Waals surface area contributed by atoms with Gasteiger partial charge < -0.3 is 19.7 Å². The van der Waals surface area contributed by atoms with Gasteiger partial charge in [0.1, 0.15) is 10.6 Å². The van der Waals surface area contributed by atoms with Crippen molar-refractivity contribution in [2.45, 2.75) is 77.5 Å². The van der Waals surface area contributed by atoms with Crippen LogP contribution in [0.3, 0.4) is 0 Å². The molecule has 3 fully saturated rings. The highest BCUT2D eigenvalue weighted by Crippen LogP contribution is 2.47. The Labute approximate surface area is 216 Å². The minimum absolute atomic E-state index is 0.00381. The molecule has 3 saturated heterocycles. The molecule has 3 amide bonds. The molecule has 2 N–H and O–H groups in total. The van der Waals surface area contributed by atoms with Crippen LogP contribution in [0.1, 0.15) is 73.7 Å². The monoisotopic (exact) mass is 518 g/mol. The van der Waals surface area contributed by atoms with Crippen molar-refractivity contribution in [2.24, 2.45) is 5.41 Å². The number of hydrogen-bond acceptors (Lipinski definition) is 7. The van der Waals surface area contributed by atoms with Crippen LogP contribution < -0.4 is 10.6 Å². The number of anilines is 1. The van der Waals surface area contributed by atoms with Gasteiger partial charge in [0.2, 0.25) is 0 Å². The van der Waals surface area contributed by atoms with Crippen LogP contribution in [0, 0.1) is 5.41 Å². The second kappa shape index (κ2) is 9.95. The number of thiophene rings is 1. The number of ether oxygens (including phenoxy) is 2. The lowest BCUT2D eigenvalue weighted by Crippen LogP contribution is -2.53. The second-order valence-corrected chi connectivity index (χ2v) is 12.3. The number of rotatable bonds is 4. The number of nitrogens with one attached hydrogen (secondary N) is 2. The molecule has 5 heterocycles. The standard InChI is InChI=1S/C26H38N4O5S/c1-4-27-24(33)28-21-20(18-8-13-34-14-19(18)36-21)22(31)29-11-6-17(7-12-29)30-10-5-9-26(16-30)15-25(2,3)35-23(26)32/h17H,4-16H2,1-3H3,(H2,27,28,33). The Balaban J connectivity index is 1.26. The number of piperidine rings is 2. The predicted molar refractivity (Wildman–Crippen MR) is 137 cm³/mol. The lowest BCUT2D eigenvalue weighted by molar-refractivity contribution is -0.154. The van der Waals surface area contributed by atoms with Gasteiger partial charge in [0.05, 0.1) is 24.2 Å². The summed E-state index contributed by atoms with van der Waals surface area (Å²) in [6, 6.07) is 0.0675. The average Bonchev–Trinajstić information content (AvgIpc) is 3.31. The first kappa shape index (κ1) is 25.5. The first-order valence-electron chi connectivity index (χ1n) is 13.3. The number of fused-ring (bicyclic) bond motifs is 1. The maximum Gasteiger partial charge on any atom is 0.319 e. The van der Waals surface area contributed by atoms with Gasteiger partial charge in [0, 0.05) is 43.5 Å². The van der Waals surface area contributed by atoms with E-state index in [1.807, 2.05) is 25.7 Å². The van der Waals surface area contributed by atoms with Crippen LogP contribution in [0.5, 0.6) is 0 Å². The number of hydrogen-bond donors (Lipinski definition) is 2. The van der Waals surface area contributed by atoms with E-state index in [0.717, 1.165) is 55.6 Å². The van der Waals surface area contributed by atoms with Crippen LogP contribution in [0.15, 0.2) is 0 Å². The first-order valence-corrected chi connectivity index (χ1v) is 14.1. The lowest BCUT2D eigenvalue weighted by atomic mass is 9.74. The van der Waals surface area contributed by atoms with E-state index >= 15 is 0 Å². The number of likely N-dealkylation sites (tertiary alicyclic amines) is 2. The normalized spacial score (nSPS) is 26.5. The molecular formula is C26H38N4O5S. The van der Waals surface area contributed by atoms with Crippen LogP contribution >= 0.6 is 11.3 Å². The van der Waals surface area contributed by atoms with Gasteiger partial charge in [-0.2, -0.15) is 0 Å². The third-order valence-electron chi connectivity index (χ3n) is 8.04. The maximum absolute atomic E-state index is 13.7. The summed E-state index contributed by atoms with van der Waals surface area (Å²) in [7, 11) is 0. The SMILES string of the molecule is CCNC(=O)Nc1sc2c(c1C(=O)N1CCC(N3CCCC4(C3)CC(C)(C)OC4=O)CC1)CCOC2. The van der Waals surface area contributed by atoms with Gasteiger partial charge in [-0.25, -0.2) is 4.79 Å². The summed E-state index contributed by atoms with van der Waals surface area (Å²) < 4.78 is 11.3. The molecule has 4 aliphatic heterocycles. The number of cyclic esters (lactones) is 1. The number of carbonyl (C=O) groups excluding carboxylic acids is 3. The van der Waals surface area contributed by atoms with E-state index in [1.54, 1.807) is 0 Å². The quantitative estimate of drug-likeness (QED) is 0.593. The van der Waals surface area contributed by atoms with E-state index < -0.39 is 0 Å². The molecule has 4 aliphatic rings. The van der Waals surface area contributed by atoms with E-state index in [-0.39, 0.29) is 28.9 Å². The van der Waals surface area contributed by atoms with Crippen molar-refractivity contribution >= 4 is 34.2 Å². The topological polar surface area (TPSA) is 100 Å². The molecule has 1 unspecified atom stereocenters. The Morgan fingerprint density at radius 1 is 1.19 bits per heavy atom. The summed E-state index contributed by atoms with van der Waals surface area (Å²) >= 11 is 1.45. The Morgan fingerprint density at radius 2 is 1.97 bits per heavy atom. The Kier molecular flexibility index (Phi) is 7.04.